The zero-order chi connectivity index (χ0) is 16.7. The fourth-order valence-corrected chi connectivity index (χ4v) is 3.12. The van der Waals surface area contributed by atoms with Gasteiger partial charge in [0.2, 0.25) is 0 Å². The molecule has 1 atom stereocenters. The number of fused-ring (bicyclic) bond motifs is 1. The average molecular weight is 324 g/mol. The molecule has 0 saturated heterocycles. The highest BCUT2D eigenvalue weighted by atomic mass is 16.4. The highest BCUT2D eigenvalue weighted by Gasteiger charge is 2.31. The number of carbonyl (C=O) groups excluding carboxylic acids is 1. The predicted molar refractivity (Wildman–Crippen MR) is 89.9 cm³/mol. The van der Waals surface area contributed by atoms with Crippen molar-refractivity contribution < 1.29 is 14.7 Å². The summed E-state index contributed by atoms with van der Waals surface area (Å²) in [5, 5.41) is 12.9. The van der Waals surface area contributed by atoms with Crippen LogP contribution in [0, 0.1) is 5.92 Å². The van der Waals surface area contributed by atoms with Crippen LogP contribution in [0.1, 0.15) is 54.1 Å². The van der Waals surface area contributed by atoms with E-state index in [-0.39, 0.29) is 5.91 Å². The third-order valence-electron chi connectivity index (χ3n) is 4.85. The molecule has 0 spiro atoms. The number of carbonyl (C=O) groups is 2. The molecule has 0 bridgehead atoms. The summed E-state index contributed by atoms with van der Waals surface area (Å²) in [6, 6.07) is 8.56. The summed E-state index contributed by atoms with van der Waals surface area (Å²) in [6.45, 7) is 0. The Morgan fingerprint density at radius 2 is 1.96 bits per heavy atom. The molecule has 2 fully saturated rings. The van der Waals surface area contributed by atoms with Gasteiger partial charge in [-0.25, -0.2) is 4.79 Å². The number of para-hydroxylation sites is 1. The Bertz CT molecular complexity index is 809. The molecule has 5 nitrogen and oxygen atoms in total. The standard InChI is InChI=1S/C19H20N2O3/c22-18(21-17(19(23)24)9-11-5-6-11)14-10-16(12-7-8-12)20-15-4-2-1-3-13(14)15/h1-4,10-12,17H,5-9H2,(H,21,22)(H,23,24). The van der Waals surface area contributed by atoms with Gasteiger partial charge in [0.15, 0.2) is 0 Å². The van der Waals surface area contributed by atoms with E-state index in [4.69, 9.17) is 0 Å². The van der Waals surface area contributed by atoms with Gasteiger partial charge in [-0.1, -0.05) is 31.0 Å². The number of hydrogen-bond acceptors (Lipinski definition) is 3. The normalized spacial score (nSPS) is 18.3. The number of aliphatic carboxylic acids is 1. The molecule has 0 radical (unpaired) electrons. The Labute approximate surface area is 140 Å². The van der Waals surface area contributed by atoms with Crippen molar-refractivity contribution >= 4 is 22.8 Å². The van der Waals surface area contributed by atoms with Crippen LogP contribution < -0.4 is 5.32 Å². The molecule has 1 heterocycles. The number of carboxylic acids is 1. The van der Waals surface area contributed by atoms with E-state index < -0.39 is 12.0 Å². The number of nitrogens with zero attached hydrogens (tertiary/aromatic N) is 1. The minimum atomic E-state index is -0.962. The summed E-state index contributed by atoms with van der Waals surface area (Å²) in [5.74, 6) is -0.412. The largest absolute Gasteiger partial charge is 0.480 e. The van der Waals surface area contributed by atoms with Gasteiger partial charge < -0.3 is 10.4 Å². The first kappa shape index (κ1) is 15.1. The first-order chi connectivity index (χ1) is 11.6. The zero-order valence-electron chi connectivity index (χ0n) is 13.4. The van der Waals surface area contributed by atoms with Gasteiger partial charge in [-0.05, 0) is 37.3 Å². The van der Waals surface area contributed by atoms with E-state index in [2.05, 4.69) is 10.3 Å². The summed E-state index contributed by atoms with van der Waals surface area (Å²) in [6.07, 6.45) is 4.84. The van der Waals surface area contributed by atoms with Crippen molar-refractivity contribution in [2.45, 2.75) is 44.1 Å². The van der Waals surface area contributed by atoms with Gasteiger partial charge >= 0.3 is 5.97 Å². The zero-order valence-corrected chi connectivity index (χ0v) is 13.4. The number of amides is 1. The molecule has 1 aromatic carbocycles. The van der Waals surface area contributed by atoms with Crippen molar-refractivity contribution in [3.05, 3.63) is 41.6 Å². The fourth-order valence-electron chi connectivity index (χ4n) is 3.12. The van der Waals surface area contributed by atoms with Gasteiger partial charge in [-0.3, -0.25) is 9.78 Å². The molecule has 2 saturated carbocycles. The molecule has 0 aliphatic heterocycles. The van der Waals surface area contributed by atoms with E-state index in [1.807, 2.05) is 30.3 Å². The van der Waals surface area contributed by atoms with E-state index in [0.29, 0.717) is 23.8 Å². The highest BCUT2D eigenvalue weighted by molar-refractivity contribution is 6.07. The second kappa shape index (κ2) is 5.89. The first-order valence-electron chi connectivity index (χ1n) is 8.55. The van der Waals surface area contributed by atoms with Crippen LogP contribution in [-0.4, -0.2) is 28.0 Å². The molecular weight excluding hydrogens is 304 g/mol. The van der Waals surface area contributed by atoms with E-state index in [1.165, 1.54) is 0 Å². The Balaban J connectivity index is 1.65. The molecule has 2 aliphatic rings. The highest BCUT2D eigenvalue weighted by Crippen LogP contribution is 2.40. The quantitative estimate of drug-likeness (QED) is 0.856. The van der Waals surface area contributed by atoms with Crippen LogP contribution in [0.4, 0.5) is 0 Å². The number of aromatic nitrogens is 1. The maximum atomic E-state index is 12.8. The number of hydrogen-bond donors (Lipinski definition) is 2. The first-order valence-corrected chi connectivity index (χ1v) is 8.55. The lowest BCUT2D eigenvalue weighted by Crippen LogP contribution is -2.41. The van der Waals surface area contributed by atoms with Gasteiger partial charge in [0.1, 0.15) is 6.04 Å². The predicted octanol–water partition coefficient (Wildman–Crippen LogP) is 3.10. The van der Waals surface area contributed by atoms with E-state index in [0.717, 1.165) is 42.3 Å². The van der Waals surface area contributed by atoms with Gasteiger partial charge in [0.05, 0.1) is 11.1 Å². The second-order valence-electron chi connectivity index (χ2n) is 6.93. The third kappa shape index (κ3) is 3.11. The Morgan fingerprint density at radius 3 is 2.62 bits per heavy atom. The summed E-state index contributed by atoms with van der Waals surface area (Å²) < 4.78 is 0. The Morgan fingerprint density at radius 1 is 1.21 bits per heavy atom. The summed E-state index contributed by atoms with van der Waals surface area (Å²) in [4.78, 5) is 28.9. The van der Waals surface area contributed by atoms with E-state index in [9.17, 15) is 14.7 Å². The second-order valence-corrected chi connectivity index (χ2v) is 6.93. The van der Waals surface area contributed by atoms with Crippen LogP contribution in [0.25, 0.3) is 10.9 Å². The van der Waals surface area contributed by atoms with Crippen molar-refractivity contribution in [3.8, 4) is 0 Å². The van der Waals surface area contributed by atoms with Crippen molar-refractivity contribution in [2.75, 3.05) is 0 Å². The number of rotatable bonds is 6. The average Bonchev–Trinajstić information content (AvgIpc) is 3.46. The minimum absolute atomic E-state index is 0.316. The van der Waals surface area contributed by atoms with Crippen LogP contribution in [0.2, 0.25) is 0 Å². The summed E-state index contributed by atoms with van der Waals surface area (Å²) >= 11 is 0. The van der Waals surface area contributed by atoms with Crippen molar-refractivity contribution in [2.24, 2.45) is 5.92 Å². The van der Waals surface area contributed by atoms with Crippen LogP contribution in [0.15, 0.2) is 30.3 Å². The number of benzene rings is 1. The number of nitrogens with one attached hydrogen (secondary N) is 1. The fraction of sp³-hybridized carbons (Fsp3) is 0.421. The molecule has 2 N–H and O–H groups in total. The van der Waals surface area contributed by atoms with Gasteiger partial charge in [-0.2, -0.15) is 0 Å². The molecule has 2 aromatic rings. The Hall–Kier alpha value is -2.43. The molecule has 1 unspecified atom stereocenters. The molecule has 1 aromatic heterocycles. The van der Waals surface area contributed by atoms with Crippen molar-refractivity contribution in [1.29, 1.82) is 0 Å². The van der Waals surface area contributed by atoms with Gasteiger partial charge in [0, 0.05) is 17.0 Å². The third-order valence-corrected chi connectivity index (χ3v) is 4.85. The molecule has 4 rings (SSSR count). The lowest BCUT2D eigenvalue weighted by atomic mass is 10.0. The topological polar surface area (TPSA) is 79.3 Å². The van der Waals surface area contributed by atoms with Gasteiger partial charge in [-0.15, -0.1) is 0 Å². The molecule has 2 aliphatic carbocycles. The SMILES string of the molecule is O=C(NC(CC1CC1)C(=O)O)c1cc(C2CC2)nc2ccccc12. The molecule has 5 heteroatoms. The summed E-state index contributed by atoms with van der Waals surface area (Å²) in [5.41, 5.74) is 2.26. The van der Waals surface area contributed by atoms with Crippen molar-refractivity contribution in [3.63, 3.8) is 0 Å². The lowest BCUT2D eigenvalue weighted by Gasteiger charge is -2.15. The van der Waals surface area contributed by atoms with Crippen LogP contribution in [0.5, 0.6) is 0 Å². The maximum absolute atomic E-state index is 12.8. The summed E-state index contributed by atoms with van der Waals surface area (Å²) in [7, 11) is 0. The molecule has 1 amide bonds. The minimum Gasteiger partial charge on any atom is -0.480 e. The molecule has 24 heavy (non-hydrogen) atoms. The maximum Gasteiger partial charge on any atom is 0.326 e. The van der Waals surface area contributed by atoms with Crippen LogP contribution >= 0.6 is 0 Å². The van der Waals surface area contributed by atoms with E-state index in [1.54, 1.807) is 0 Å². The number of pyridine rings is 1. The Kier molecular flexibility index (Phi) is 3.71. The lowest BCUT2D eigenvalue weighted by molar-refractivity contribution is -0.139. The monoisotopic (exact) mass is 324 g/mol. The van der Waals surface area contributed by atoms with Crippen molar-refractivity contribution in [1.82, 2.24) is 10.3 Å². The number of carboxylic acid groups (broad SMARTS) is 1. The van der Waals surface area contributed by atoms with E-state index >= 15 is 0 Å². The van der Waals surface area contributed by atoms with Crippen LogP contribution in [-0.2, 0) is 4.79 Å². The molecular formula is C19H20N2O3. The molecule has 124 valence electrons. The smallest absolute Gasteiger partial charge is 0.326 e. The van der Waals surface area contributed by atoms with Crippen LogP contribution in [0.3, 0.4) is 0 Å². The van der Waals surface area contributed by atoms with Gasteiger partial charge in [0.25, 0.3) is 5.91 Å².